The van der Waals surface area contributed by atoms with Gasteiger partial charge in [-0.2, -0.15) is 0 Å². The van der Waals surface area contributed by atoms with Crippen molar-refractivity contribution in [3.8, 4) is 0 Å². The summed E-state index contributed by atoms with van der Waals surface area (Å²) in [5.41, 5.74) is 2.00. The Kier molecular flexibility index (Phi) is 5.68. The van der Waals surface area contributed by atoms with Gasteiger partial charge in [0.15, 0.2) is 0 Å². The third kappa shape index (κ3) is 3.76. The smallest absolute Gasteiger partial charge is 0.0563 e. The molecule has 3 nitrogen and oxygen atoms in total. The molecule has 2 aromatic carbocycles. The maximum Gasteiger partial charge on any atom is 0.0563 e. The molecule has 172 valence electrons. The molecular weight excluding hydrogens is 410 g/mol. The second kappa shape index (κ2) is 8.52. The lowest BCUT2D eigenvalue weighted by atomic mass is 9.47. The first kappa shape index (κ1) is 21.3. The standard InChI is InChI=1S/C28H39N3S/c1-29-26(28-16-20-13-21(17-28)15-22(14-20)18-28)19-30(2)11-3-4-12-31-24-9-5-7-23-8-6-10-25(32-31)27(23)24/h5-10,20-22,26,29H,3-4,11-19H2,1-2H3. The molecule has 1 heterocycles. The van der Waals surface area contributed by atoms with Crippen LogP contribution >= 0.6 is 11.9 Å². The van der Waals surface area contributed by atoms with Gasteiger partial charge >= 0.3 is 0 Å². The fourth-order valence-electron chi connectivity index (χ4n) is 8.14. The summed E-state index contributed by atoms with van der Waals surface area (Å²) in [6.45, 7) is 3.56. The quantitative estimate of drug-likeness (QED) is 0.364. The molecule has 4 saturated carbocycles. The molecule has 2 aromatic rings. The zero-order valence-corrected chi connectivity index (χ0v) is 20.7. The van der Waals surface area contributed by atoms with Gasteiger partial charge in [0.2, 0.25) is 0 Å². The number of likely N-dealkylation sites (N-methyl/N-ethyl adjacent to an activating group) is 2. The fourth-order valence-corrected chi connectivity index (χ4v) is 9.30. The summed E-state index contributed by atoms with van der Waals surface area (Å²) < 4.78 is 2.52. The van der Waals surface area contributed by atoms with E-state index in [1.165, 1.54) is 85.8 Å². The van der Waals surface area contributed by atoms with E-state index in [1.54, 1.807) is 0 Å². The van der Waals surface area contributed by atoms with Crippen LogP contribution in [0.2, 0.25) is 0 Å². The molecule has 1 atom stereocenters. The van der Waals surface area contributed by atoms with Crippen LogP contribution < -0.4 is 9.62 Å². The minimum Gasteiger partial charge on any atom is -0.315 e. The molecule has 0 aromatic heterocycles. The zero-order chi connectivity index (χ0) is 21.7. The van der Waals surface area contributed by atoms with E-state index >= 15 is 0 Å². The van der Waals surface area contributed by atoms with Gasteiger partial charge in [-0.15, -0.1) is 0 Å². The third-order valence-corrected chi connectivity index (χ3v) is 10.3. The average molecular weight is 450 g/mol. The first-order valence-corrected chi connectivity index (χ1v) is 13.7. The highest BCUT2D eigenvalue weighted by atomic mass is 32.2. The van der Waals surface area contributed by atoms with Crippen LogP contribution in [0.3, 0.4) is 0 Å². The van der Waals surface area contributed by atoms with Crippen LogP contribution in [0.5, 0.6) is 0 Å². The minimum atomic E-state index is 0.592. The summed E-state index contributed by atoms with van der Waals surface area (Å²) in [6, 6.07) is 14.1. The number of hydrogen-bond acceptors (Lipinski definition) is 4. The summed E-state index contributed by atoms with van der Waals surface area (Å²) >= 11 is 1.93. The van der Waals surface area contributed by atoms with Crippen molar-refractivity contribution in [1.82, 2.24) is 10.2 Å². The molecule has 0 radical (unpaired) electrons. The lowest BCUT2D eigenvalue weighted by molar-refractivity contribution is -0.0766. The molecule has 4 fully saturated rings. The van der Waals surface area contributed by atoms with Crippen molar-refractivity contribution >= 4 is 28.4 Å². The van der Waals surface area contributed by atoms with Crippen molar-refractivity contribution in [2.45, 2.75) is 62.3 Å². The zero-order valence-electron chi connectivity index (χ0n) is 19.9. The van der Waals surface area contributed by atoms with Gasteiger partial charge in [0.1, 0.15) is 0 Å². The predicted molar refractivity (Wildman–Crippen MR) is 137 cm³/mol. The first-order chi connectivity index (χ1) is 15.6. The molecule has 32 heavy (non-hydrogen) atoms. The van der Waals surface area contributed by atoms with Crippen molar-refractivity contribution in [3.63, 3.8) is 0 Å². The van der Waals surface area contributed by atoms with E-state index in [2.05, 4.69) is 65.0 Å². The molecule has 1 aliphatic heterocycles. The molecule has 5 aliphatic rings. The van der Waals surface area contributed by atoms with E-state index in [0.717, 1.165) is 24.3 Å². The molecule has 4 heteroatoms. The van der Waals surface area contributed by atoms with Crippen LogP contribution in [0.25, 0.3) is 10.8 Å². The Morgan fingerprint density at radius 1 is 1.03 bits per heavy atom. The maximum atomic E-state index is 3.79. The predicted octanol–water partition coefficient (Wildman–Crippen LogP) is 6.18. The Morgan fingerprint density at radius 2 is 1.72 bits per heavy atom. The number of anilines is 1. The van der Waals surface area contributed by atoms with Gasteiger partial charge in [-0.05, 0) is 125 Å². The number of benzene rings is 2. The van der Waals surface area contributed by atoms with Gasteiger partial charge in [-0.25, -0.2) is 0 Å². The molecule has 1 unspecified atom stereocenters. The van der Waals surface area contributed by atoms with Crippen molar-refractivity contribution in [1.29, 1.82) is 0 Å². The van der Waals surface area contributed by atoms with Crippen molar-refractivity contribution in [3.05, 3.63) is 36.4 Å². The lowest BCUT2D eigenvalue weighted by Crippen LogP contribution is -2.58. The fraction of sp³-hybridized carbons (Fsp3) is 0.643. The first-order valence-electron chi connectivity index (χ1n) is 13.0. The number of nitrogens with zero attached hydrogens (tertiary/aromatic N) is 2. The largest absolute Gasteiger partial charge is 0.315 e. The summed E-state index contributed by atoms with van der Waals surface area (Å²) in [5, 5.41) is 6.61. The summed E-state index contributed by atoms with van der Waals surface area (Å²) in [4.78, 5) is 4.04. The van der Waals surface area contributed by atoms with Crippen LogP contribution in [0, 0.1) is 23.2 Å². The minimum absolute atomic E-state index is 0.592. The molecule has 0 amide bonds. The van der Waals surface area contributed by atoms with Crippen LogP contribution in [0.4, 0.5) is 5.69 Å². The van der Waals surface area contributed by atoms with Gasteiger partial charge in [-0.3, -0.25) is 0 Å². The molecule has 1 N–H and O–H groups in total. The Bertz CT molecular complexity index is 932. The van der Waals surface area contributed by atoms with Crippen LogP contribution in [0.15, 0.2) is 41.3 Å². The summed E-state index contributed by atoms with van der Waals surface area (Å²) in [6.07, 6.45) is 11.6. The Balaban J connectivity index is 1.01. The highest BCUT2D eigenvalue weighted by molar-refractivity contribution is 8.01. The highest BCUT2D eigenvalue weighted by Crippen LogP contribution is 2.61. The number of rotatable bonds is 9. The van der Waals surface area contributed by atoms with E-state index in [0.29, 0.717) is 11.5 Å². The highest BCUT2D eigenvalue weighted by Gasteiger charge is 2.53. The molecule has 7 rings (SSSR count). The third-order valence-electron chi connectivity index (χ3n) is 9.14. The Morgan fingerprint density at radius 3 is 2.41 bits per heavy atom. The summed E-state index contributed by atoms with van der Waals surface area (Å²) in [7, 11) is 4.58. The van der Waals surface area contributed by atoms with Crippen LogP contribution in [-0.2, 0) is 0 Å². The molecule has 4 bridgehead atoms. The van der Waals surface area contributed by atoms with Gasteiger partial charge in [0.05, 0.1) is 5.69 Å². The Hall–Kier alpha value is -1.23. The van der Waals surface area contributed by atoms with Gasteiger partial charge in [-0.1, -0.05) is 24.3 Å². The van der Waals surface area contributed by atoms with Crippen molar-refractivity contribution in [2.24, 2.45) is 23.2 Å². The topological polar surface area (TPSA) is 18.5 Å². The van der Waals surface area contributed by atoms with Crippen molar-refractivity contribution in [2.75, 3.05) is 38.0 Å². The van der Waals surface area contributed by atoms with Crippen molar-refractivity contribution < 1.29 is 0 Å². The molecular formula is C28H39N3S. The second-order valence-electron chi connectivity index (χ2n) is 11.4. The van der Waals surface area contributed by atoms with Crippen LogP contribution in [-0.4, -0.2) is 44.7 Å². The normalized spacial score (nSPS) is 31.2. The molecule has 0 spiro atoms. The molecule has 4 aliphatic carbocycles. The second-order valence-corrected chi connectivity index (χ2v) is 12.5. The Labute approximate surface area is 198 Å². The SMILES string of the molecule is CNC(CN(C)CCCCN1Sc2cccc3cccc1c23)C12CC3CC(CC(C3)C1)C2. The molecule has 0 saturated heterocycles. The van der Waals surface area contributed by atoms with E-state index in [-0.39, 0.29) is 0 Å². The maximum absolute atomic E-state index is 3.79. The summed E-state index contributed by atoms with van der Waals surface area (Å²) in [5.74, 6) is 3.11. The average Bonchev–Trinajstić information content (AvgIpc) is 3.14. The number of nitrogens with one attached hydrogen (secondary N) is 1. The number of hydrogen-bond donors (Lipinski definition) is 1. The van der Waals surface area contributed by atoms with E-state index in [4.69, 9.17) is 0 Å². The van der Waals surface area contributed by atoms with Gasteiger partial charge in [0.25, 0.3) is 0 Å². The van der Waals surface area contributed by atoms with E-state index < -0.39 is 0 Å². The van der Waals surface area contributed by atoms with Gasteiger partial charge < -0.3 is 14.5 Å². The monoisotopic (exact) mass is 449 g/mol. The van der Waals surface area contributed by atoms with E-state index in [9.17, 15) is 0 Å². The van der Waals surface area contributed by atoms with Crippen LogP contribution in [0.1, 0.15) is 51.4 Å². The van der Waals surface area contributed by atoms with E-state index in [1.807, 2.05) is 11.9 Å². The van der Waals surface area contributed by atoms with Gasteiger partial charge in [0, 0.05) is 29.4 Å². The number of unbranched alkanes of at least 4 members (excludes halogenated alkanes) is 1. The lowest BCUT2D eigenvalue weighted by Gasteiger charge is -2.59.